The van der Waals surface area contributed by atoms with Crippen LogP contribution in [0.3, 0.4) is 0 Å². The van der Waals surface area contributed by atoms with E-state index in [4.69, 9.17) is 9.47 Å². The van der Waals surface area contributed by atoms with E-state index in [9.17, 15) is 23.1 Å². The van der Waals surface area contributed by atoms with E-state index >= 15 is 0 Å². The number of methoxy groups -OCH3 is 1. The molecule has 1 aliphatic carbocycles. The summed E-state index contributed by atoms with van der Waals surface area (Å²) in [6.07, 6.45) is 1.52. The lowest BCUT2D eigenvalue weighted by Gasteiger charge is -2.27. The van der Waals surface area contributed by atoms with Gasteiger partial charge in [-0.15, -0.1) is 0 Å². The molecule has 36 heavy (non-hydrogen) atoms. The van der Waals surface area contributed by atoms with Gasteiger partial charge in [-0.25, -0.2) is 13.9 Å². The third-order valence-corrected chi connectivity index (χ3v) is 6.01. The van der Waals surface area contributed by atoms with Crippen LogP contribution >= 0.6 is 0 Å². The highest BCUT2D eigenvalue weighted by molar-refractivity contribution is 6.01. The summed E-state index contributed by atoms with van der Waals surface area (Å²) in [6.45, 7) is 3.49. The number of aliphatic hydroxyl groups is 1. The van der Waals surface area contributed by atoms with Crippen molar-refractivity contribution in [3.8, 4) is 28.4 Å². The number of aromatic nitrogens is 3. The number of halogens is 3. The molecule has 0 saturated heterocycles. The van der Waals surface area contributed by atoms with E-state index in [0.29, 0.717) is 28.2 Å². The van der Waals surface area contributed by atoms with Crippen molar-refractivity contribution in [3.05, 3.63) is 35.8 Å². The Bertz CT molecular complexity index is 1290. The zero-order chi connectivity index (χ0) is 26.4. The average molecular weight is 508 g/mol. The Morgan fingerprint density at radius 1 is 1.25 bits per heavy atom. The van der Waals surface area contributed by atoms with Crippen LogP contribution in [-0.2, 0) is 0 Å². The minimum absolute atomic E-state index is 0.0354. The van der Waals surface area contributed by atoms with Crippen LogP contribution < -0.4 is 19.5 Å². The number of fused-ring (bicyclic) bond motifs is 1. The maximum atomic E-state index is 13.3. The number of hydrogen-bond donors (Lipinski definition) is 2. The van der Waals surface area contributed by atoms with Gasteiger partial charge in [0.2, 0.25) is 0 Å². The Morgan fingerprint density at radius 2 is 1.92 bits per heavy atom. The number of hydrogen-bond acceptors (Lipinski definition) is 7. The van der Waals surface area contributed by atoms with Crippen LogP contribution in [-0.4, -0.2) is 63.3 Å². The van der Waals surface area contributed by atoms with Crippen LogP contribution in [0.25, 0.3) is 16.8 Å². The molecule has 2 heterocycles. The molecule has 0 aliphatic heterocycles. The number of nitrogens with one attached hydrogen (secondary N) is 1. The molecular formula is C24H27F3N4O5. The largest absolute Gasteiger partial charge is 0.496 e. The number of alkyl halides is 3. The molecular weight excluding hydrogens is 481 g/mol. The lowest BCUT2D eigenvalue weighted by atomic mass is 10.0. The van der Waals surface area contributed by atoms with Gasteiger partial charge in [-0.05, 0) is 45.4 Å². The van der Waals surface area contributed by atoms with Crippen molar-refractivity contribution in [2.75, 3.05) is 7.11 Å². The summed E-state index contributed by atoms with van der Waals surface area (Å²) in [5.41, 5.74) is 0.351. The number of nitrogens with zero attached hydrogens (tertiary/aromatic N) is 3. The number of ether oxygens (including phenoxy) is 3. The van der Waals surface area contributed by atoms with E-state index < -0.39 is 42.2 Å². The second kappa shape index (κ2) is 9.49. The maximum Gasteiger partial charge on any atom is 0.387 e. The van der Waals surface area contributed by atoms with E-state index in [2.05, 4.69) is 20.1 Å². The molecule has 0 bridgehead atoms. The maximum absolute atomic E-state index is 13.3. The molecule has 4 rings (SSSR count). The second-order valence-electron chi connectivity index (χ2n) is 9.19. The number of amides is 1. The fraction of sp³-hybridized carbons (Fsp3) is 0.458. The van der Waals surface area contributed by atoms with Gasteiger partial charge in [0.25, 0.3) is 5.91 Å². The molecule has 1 aromatic carbocycles. The van der Waals surface area contributed by atoms with Crippen molar-refractivity contribution in [2.24, 2.45) is 0 Å². The number of benzene rings is 1. The Morgan fingerprint density at radius 3 is 2.50 bits per heavy atom. The predicted octanol–water partition coefficient (Wildman–Crippen LogP) is 3.69. The molecule has 1 saturated carbocycles. The standard InChI is InChI=1S/C24H27F3N4O5/c1-11-19(35-12(2)24(3,4)33)10-31-21(29-11)14(9-28-31)13-6-17(34-5)20(18(7-13)36-23(26)27)22(32)30-16-8-15(16)25/h6-7,9-10,12,15-16,23,33H,8H2,1-5H3,(H,30,32)/t12-,15-,16+/m0/s1. The van der Waals surface area contributed by atoms with Crippen LogP contribution in [0.2, 0.25) is 0 Å². The predicted molar refractivity (Wildman–Crippen MR) is 123 cm³/mol. The fourth-order valence-electron chi connectivity index (χ4n) is 3.51. The highest BCUT2D eigenvalue weighted by atomic mass is 19.3. The number of carbonyl (C=O) groups excluding carboxylic acids is 1. The molecule has 3 aromatic rings. The molecule has 1 amide bonds. The first-order valence-electron chi connectivity index (χ1n) is 11.2. The molecule has 1 aliphatic rings. The van der Waals surface area contributed by atoms with Gasteiger partial charge >= 0.3 is 6.61 Å². The van der Waals surface area contributed by atoms with Crippen molar-refractivity contribution in [2.45, 2.75) is 64.6 Å². The summed E-state index contributed by atoms with van der Waals surface area (Å²) in [4.78, 5) is 17.3. The van der Waals surface area contributed by atoms with Gasteiger partial charge in [-0.2, -0.15) is 13.9 Å². The Hall–Kier alpha value is -3.54. The number of carbonyl (C=O) groups is 1. The first-order valence-corrected chi connectivity index (χ1v) is 11.2. The molecule has 2 N–H and O–H groups in total. The summed E-state index contributed by atoms with van der Waals surface area (Å²) in [5, 5.41) is 16.9. The summed E-state index contributed by atoms with van der Waals surface area (Å²) < 4.78 is 57.0. The molecule has 3 atom stereocenters. The quantitative estimate of drug-likeness (QED) is 0.454. The monoisotopic (exact) mass is 508 g/mol. The van der Waals surface area contributed by atoms with Gasteiger partial charge in [0.05, 0.1) is 36.8 Å². The Kier molecular flexibility index (Phi) is 6.74. The van der Waals surface area contributed by atoms with E-state index in [0.717, 1.165) is 0 Å². The van der Waals surface area contributed by atoms with Crippen LogP contribution in [0.15, 0.2) is 24.5 Å². The van der Waals surface area contributed by atoms with Crippen molar-refractivity contribution in [1.29, 1.82) is 0 Å². The van der Waals surface area contributed by atoms with E-state index in [1.165, 1.54) is 30.0 Å². The van der Waals surface area contributed by atoms with Gasteiger partial charge in [0, 0.05) is 12.0 Å². The zero-order valence-corrected chi connectivity index (χ0v) is 20.4. The first-order chi connectivity index (χ1) is 16.9. The minimum Gasteiger partial charge on any atom is -0.496 e. The van der Waals surface area contributed by atoms with Crippen LogP contribution in [0.1, 0.15) is 43.2 Å². The fourth-order valence-corrected chi connectivity index (χ4v) is 3.51. The Labute approximate surface area is 205 Å². The minimum atomic E-state index is -3.21. The highest BCUT2D eigenvalue weighted by Crippen LogP contribution is 2.38. The van der Waals surface area contributed by atoms with Crippen LogP contribution in [0, 0.1) is 6.92 Å². The van der Waals surface area contributed by atoms with Crippen molar-refractivity contribution < 1.29 is 37.3 Å². The van der Waals surface area contributed by atoms with E-state index in [1.807, 2.05) is 0 Å². The third-order valence-electron chi connectivity index (χ3n) is 6.01. The van der Waals surface area contributed by atoms with Gasteiger partial charge in [-0.1, -0.05) is 0 Å². The molecule has 0 spiro atoms. The first kappa shape index (κ1) is 25.5. The third kappa shape index (κ3) is 5.18. The van der Waals surface area contributed by atoms with Gasteiger partial charge in [0.15, 0.2) is 11.4 Å². The van der Waals surface area contributed by atoms with Crippen LogP contribution in [0.4, 0.5) is 13.2 Å². The molecule has 1 fully saturated rings. The molecule has 2 aromatic heterocycles. The molecule has 0 radical (unpaired) electrons. The van der Waals surface area contributed by atoms with E-state index in [-0.39, 0.29) is 17.7 Å². The Balaban J connectivity index is 1.76. The number of aryl methyl sites for hydroxylation is 1. The summed E-state index contributed by atoms with van der Waals surface area (Å²) in [6, 6.07) is 2.06. The van der Waals surface area contributed by atoms with E-state index in [1.54, 1.807) is 33.9 Å². The lowest BCUT2D eigenvalue weighted by molar-refractivity contribution is -0.0502. The normalized spacial score (nSPS) is 18.3. The summed E-state index contributed by atoms with van der Waals surface area (Å²) >= 11 is 0. The topological polar surface area (TPSA) is 107 Å². The molecule has 9 nitrogen and oxygen atoms in total. The highest BCUT2D eigenvalue weighted by Gasteiger charge is 2.40. The summed E-state index contributed by atoms with van der Waals surface area (Å²) in [7, 11) is 1.28. The van der Waals surface area contributed by atoms with Crippen molar-refractivity contribution in [3.63, 3.8) is 0 Å². The van der Waals surface area contributed by atoms with Gasteiger partial charge in [-0.3, -0.25) is 4.79 Å². The number of rotatable bonds is 9. The molecule has 194 valence electrons. The molecule has 12 heteroatoms. The van der Waals surface area contributed by atoms with Gasteiger partial charge < -0.3 is 24.6 Å². The second-order valence-corrected chi connectivity index (χ2v) is 9.19. The van der Waals surface area contributed by atoms with Gasteiger partial charge in [0.1, 0.15) is 29.3 Å². The van der Waals surface area contributed by atoms with Crippen molar-refractivity contribution >= 4 is 11.6 Å². The molecule has 0 unspecified atom stereocenters. The zero-order valence-electron chi connectivity index (χ0n) is 20.4. The van der Waals surface area contributed by atoms with Crippen LogP contribution in [0.5, 0.6) is 17.2 Å². The smallest absolute Gasteiger partial charge is 0.387 e. The SMILES string of the molecule is COc1cc(-c2cnn3cc(O[C@@H](C)C(C)(C)O)c(C)nc23)cc(OC(F)F)c1C(=O)N[C@@H]1C[C@@H]1F. The average Bonchev–Trinajstić information content (AvgIpc) is 3.32. The lowest BCUT2D eigenvalue weighted by Crippen LogP contribution is -2.38. The summed E-state index contributed by atoms with van der Waals surface area (Å²) in [5.74, 6) is -0.838. The van der Waals surface area contributed by atoms with Crippen molar-refractivity contribution in [1.82, 2.24) is 19.9 Å².